The number of aromatic nitrogens is 1. The zero-order valence-corrected chi connectivity index (χ0v) is 16.0. The van der Waals surface area contributed by atoms with E-state index in [-0.39, 0.29) is 6.03 Å². The number of benzene rings is 1. The summed E-state index contributed by atoms with van der Waals surface area (Å²) in [6, 6.07) is 10.5. The quantitative estimate of drug-likeness (QED) is 0.898. The first kappa shape index (κ1) is 18.0. The summed E-state index contributed by atoms with van der Waals surface area (Å²) < 4.78 is 5.42. The van der Waals surface area contributed by atoms with Gasteiger partial charge < -0.3 is 14.7 Å². The number of nitrogens with zero attached hydrogens (tertiary/aromatic N) is 3. The van der Waals surface area contributed by atoms with Crippen molar-refractivity contribution in [2.24, 2.45) is 0 Å². The van der Waals surface area contributed by atoms with Crippen LogP contribution in [-0.2, 0) is 6.54 Å². The fourth-order valence-corrected chi connectivity index (χ4v) is 4.03. The van der Waals surface area contributed by atoms with Crippen LogP contribution in [0.25, 0.3) is 11.3 Å². The molecule has 0 bridgehead atoms. The molecule has 2 fully saturated rings. The number of rotatable bonds is 4. The van der Waals surface area contributed by atoms with Gasteiger partial charge in [0.2, 0.25) is 0 Å². The molecule has 1 N–H and O–H groups in total. The van der Waals surface area contributed by atoms with Crippen molar-refractivity contribution in [3.8, 4) is 11.3 Å². The van der Waals surface area contributed by atoms with Crippen molar-refractivity contribution in [2.75, 3.05) is 26.2 Å². The number of hydrogen-bond donors (Lipinski definition) is 1. The number of carbonyl (C=O) groups excluding carboxylic acids is 1. The molecule has 4 rings (SSSR count). The molecule has 2 amide bonds. The lowest BCUT2D eigenvalue weighted by molar-refractivity contribution is 0.161. The molecule has 2 aliphatic heterocycles. The molecule has 0 spiro atoms. The van der Waals surface area contributed by atoms with Gasteiger partial charge in [0, 0.05) is 30.8 Å². The summed E-state index contributed by atoms with van der Waals surface area (Å²) in [5.41, 5.74) is 2.94. The predicted octanol–water partition coefficient (Wildman–Crippen LogP) is 3.42. The van der Waals surface area contributed by atoms with Crippen LogP contribution in [0.3, 0.4) is 0 Å². The van der Waals surface area contributed by atoms with Gasteiger partial charge in [-0.05, 0) is 39.3 Å². The number of amides is 2. The van der Waals surface area contributed by atoms with Crippen molar-refractivity contribution in [1.29, 1.82) is 0 Å². The van der Waals surface area contributed by atoms with E-state index in [1.54, 1.807) is 0 Å². The number of hydrogen-bond acceptors (Lipinski definition) is 4. The Labute approximate surface area is 160 Å². The fourth-order valence-electron chi connectivity index (χ4n) is 4.03. The summed E-state index contributed by atoms with van der Waals surface area (Å²) >= 11 is 0. The zero-order valence-electron chi connectivity index (χ0n) is 16.0. The third-order valence-electron chi connectivity index (χ3n) is 5.67. The number of nitrogens with one attached hydrogen (secondary N) is 1. The molecule has 144 valence electrons. The lowest BCUT2D eigenvalue weighted by Gasteiger charge is -2.32. The molecule has 3 heterocycles. The van der Waals surface area contributed by atoms with Gasteiger partial charge in [0.05, 0.1) is 6.54 Å². The summed E-state index contributed by atoms with van der Waals surface area (Å²) in [6.45, 7) is 6.47. The molecular formula is C21H28N4O2. The molecule has 2 aromatic rings. The van der Waals surface area contributed by atoms with E-state index in [2.05, 4.69) is 22.3 Å². The van der Waals surface area contributed by atoms with E-state index in [0.29, 0.717) is 12.6 Å². The third-order valence-corrected chi connectivity index (χ3v) is 5.67. The lowest BCUT2D eigenvalue weighted by Crippen LogP contribution is -2.43. The van der Waals surface area contributed by atoms with Gasteiger partial charge in [0.1, 0.15) is 5.69 Å². The van der Waals surface area contributed by atoms with Gasteiger partial charge >= 0.3 is 6.03 Å². The van der Waals surface area contributed by atoms with Crippen molar-refractivity contribution in [3.63, 3.8) is 0 Å². The average Bonchev–Trinajstić information content (AvgIpc) is 3.37. The molecule has 0 saturated carbocycles. The highest BCUT2D eigenvalue weighted by Crippen LogP contribution is 2.22. The van der Waals surface area contributed by atoms with Crippen LogP contribution in [-0.4, -0.2) is 53.2 Å². The third kappa shape index (κ3) is 4.33. The van der Waals surface area contributed by atoms with Gasteiger partial charge in [-0.15, -0.1) is 0 Å². The van der Waals surface area contributed by atoms with Crippen LogP contribution in [0.15, 0.2) is 34.9 Å². The molecule has 1 aromatic heterocycles. The van der Waals surface area contributed by atoms with Gasteiger partial charge in [-0.25, -0.2) is 4.79 Å². The van der Waals surface area contributed by atoms with E-state index >= 15 is 0 Å². The number of urea groups is 1. The molecule has 27 heavy (non-hydrogen) atoms. The fraction of sp³-hybridized carbons (Fsp3) is 0.524. The van der Waals surface area contributed by atoms with Crippen LogP contribution >= 0.6 is 0 Å². The van der Waals surface area contributed by atoms with Crippen LogP contribution < -0.4 is 5.32 Å². The first-order chi connectivity index (χ1) is 13.2. The van der Waals surface area contributed by atoms with E-state index in [4.69, 9.17) is 4.52 Å². The molecule has 2 aliphatic rings. The summed E-state index contributed by atoms with van der Waals surface area (Å²) in [5, 5.41) is 7.07. The van der Waals surface area contributed by atoms with Crippen molar-refractivity contribution in [1.82, 2.24) is 20.3 Å². The van der Waals surface area contributed by atoms with Gasteiger partial charge in [0.15, 0.2) is 5.76 Å². The highest BCUT2D eigenvalue weighted by atomic mass is 16.5. The van der Waals surface area contributed by atoms with E-state index < -0.39 is 0 Å². The number of likely N-dealkylation sites (tertiary alicyclic amines) is 2. The van der Waals surface area contributed by atoms with E-state index in [0.717, 1.165) is 36.5 Å². The Bertz CT molecular complexity index is 765. The Morgan fingerprint density at radius 3 is 2.74 bits per heavy atom. The van der Waals surface area contributed by atoms with E-state index in [1.807, 2.05) is 35.2 Å². The molecule has 6 nitrogen and oxygen atoms in total. The highest BCUT2D eigenvalue weighted by molar-refractivity contribution is 5.74. The van der Waals surface area contributed by atoms with Crippen molar-refractivity contribution in [2.45, 2.75) is 45.2 Å². The molecule has 1 unspecified atom stereocenters. The normalized spacial score (nSPS) is 20.8. The molecule has 0 radical (unpaired) electrons. The van der Waals surface area contributed by atoms with E-state index in [1.165, 1.54) is 37.9 Å². The second-order valence-corrected chi connectivity index (χ2v) is 7.69. The van der Waals surface area contributed by atoms with Crippen LogP contribution in [0.2, 0.25) is 0 Å². The maximum absolute atomic E-state index is 12.5. The van der Waals surface area contributed by atoms with Gasteiger partial charge in [-0.3, -0.25) is 4.90 Å². The Morgan fingerprint density at radius 1 is 1.19 bits per heavy atom. The first-order valence-corrected chi connectivity index (χ1v) is 9.98. The number of aryl methyl sites for hydroxylation is 1. The minimum Gasteiger partial charge on any atom is -0.356 e. The van der Waals surface area contributed by atoms with Gasteiger partial charge in [0.25, 0.3) is 0 Å². The summed E-state index contributed by atoms with van der Waals surface area (Å²) in [6.07, 6.45) is 5.00. The standard InChI is InChI=1S/C21H28N4O2/c1-16-5-7-17(8-6-16)20-13-18(23-27-20)14-22-21(26)25-12-9-19(15-25)24-10-3-2-4-11-24/h5-8,13,19H,2-4,9-12,14-15H2,1H3,(H,22,26). The van der Waals surface area contributed by atoms with Gasteiger partial charge in [-0.1, -0.05) is 41.4 Å². The van der Waals surface area contributed by atoms with Crippen molar-refractivity contribution in [3.05, 3.63) is 41.6 Å². The molecule has 6 heteroatoms. The summed E-state index contributed by atoms with van der Waals surface area (Å²) in [7, 11) is 0. The minimum atomic E-state index is -0.00519. The monoisotopic (exact) mass is 368 g/mol. The second kappa shape index (κ2) is 8.13. The zero-order chi connectivity index (χ0) is 18.6. The average molecular weight is 368 g/mol. The summed E-state index contributed by atoms with van der Waals surface area (Å²) in [5.74, 6) is 0.727. The molecule has 2 saturated heterocycles. The predicted molar refractivity (Wildman–Crippen MR) is 104 cm³/mol. The molecule has 1 atom stereocenters. The van der Waals surface area contributed by atoms with Crippen LogP contribution in [0.4, 0.5) is 4.79 Å². The van der Waals surface area contributed by atoms with E-state index in [9.17, 15) is 4.79 Å². The number of carbonyl (C=O) groups is 1. The first-order valence-electron chi connectivity index (χ1n) is 9.98. The molecular weight excluding hydrogens is 340 g/mol. The van der Waals surface area contributed by atoms with Crippen molar-refractivity contribution >= 4 is 6.03 Å². The molecule has 0 aliphatic carbocycles. The molecule has 1 aromatic carbocycles. The Morgan fingerprint density at radius 2 is 1.96 bits per heavy atom. The van der Waals surface area contributed by atoms with Crippen molar-refractivity contribution < 1.29 is 9.32 Å². The van der Waals surface area contributed by atoms with Crippen LogP contribution in [0, 0.1) is 6.92 Å². The largest absolute Gasteiger partial charge is 0.356 e. The lowest BCUT2D eigenvalue weighted by atomic mass is 10.1. The minimum absolute atomic E-state index is 0.00519. The Kier molecular flexibility index (Phi) is 5.43. The maximum Gasteiger partial charge on any atom is 0.317 e. The highest BCUT2D eigenvalue weighted by Gasteiger charge is 2.30. The van der Waals surface area contributed by atoms with Gasteiger partial charge in [-0.2, -0.15) is 0 Å². The van der Waals surface area contributed by atoms with Crippen LogP contribution in [0.5, 0.6) is 0 Å². The SMILES string of the molecule is Cc1ccc(-c2cc(CNC(=O)N3CCC(N4CCCCC4)C3)no2)cc1. The Balaban J connectivity index is 1.28. The summed E-state index contributed by atoms with van der Waals surface area (Å²) in [4.78, 5) is 17.0. The maximum atomic E-state index is 12.5. The topological polar surface area (TPSA) is 61.6 Å². The smallest absolute Gasteiger partial charge is 0.317 e. The number of piperidine rings is 1. The Hall–Kier alpha value is -2.34. The second-order valence-electron chi connectivity index (χ2n) is 7.69. The van der Waals surface area contributed by atoms with Crippen LogP contribution in [0.1, 0.15) is 36.9 Å².